The number of esters is 1. The van der Waals surface area contributed by atoms with Gasteiger partial charge in [-0.05, 0) is 35.4 Å². The Morgan fingerprint density at radius 1 is 0.885 bits per heavy atom. The Morgan fingerprint density at radius 3 is 2.25 bits per heavy atom. The van der Waals surface area contributed by atoms with E-state index < -0.39 is 80.3 Å². The van der Waals surface area contributed by atoms with Gasteiger partial charge in [-0.15, -0.1) is 0 Å². The van der Waals surface area contributed by atoms with Crippen LogP contribution in [0.3, 0.4) is 0 Å². The number of rotatable bonds is 14. The van der Waals surface area contributed by atoms with Crippen LogP contribution in [0, 0.1) is 0 Å². The Hall–Kier alpha value is -4.84. The van der Waals surface area contributed by atoms with Crippen LogP contribution in [0.4, 0.5) is 0 Å². The summed E-state index contributed by atoms with van der Waals surface area (Å²) in [5.74, 6) is -0.992. The Balaban J connectivity index is 1.23. The molecule has 2 fully saturated rings. The van der Waals surface area contributed by atoms with Gasteiger partial charge in [0, 0.05) is 18.2 Å². The van der Waals surface area contributed by atoms with Gasteiger partial charge in [-0.2, -0.15) is 0 Å². The number of aliphatic hydroxyl groups is 5. The molecule has 0 amide bonds. The monoisotopic (exact) mass is 724 g/mol. The highest BCUT2D eigenvalue weighted by Gasteiger charge is 2.54. The van der Waals surface area contributed by atoms with E-state index in [1.165, 1.54) is 62.8 Å². The van der Waals surface area contributed by atoms with Crippen LogP contribution in [-0.2, 0) is 23.7 Å². The zero-order valence-electron chi connectivity index (χ0n) is 28.2. The Kier molecular flexibility index (Phi) is 12.6. The van der Waals surface area contributed by atoms with Gasteiger partial charge in [-0.25, -0.2) is 4.79 Å². The average molecular weight is 725 g/mol. The molecular weight excluding hydrogens is 684 g/mol. The summed E-state index contributed by atoms with van der Waals surface area (Å²) in [5.41, 5.74) is -0.816. The standard InChI is InChI=1S/C37H40O15/c1-46-24-16-26(40)30(27(17-24)47-2)25(39)14-10-22-8-12-23(13-9-22)50-35-33(32(43)31(42)28(18-38)51-35)52-36-34(44)37(45,20-49-36)19-48-29(41)15-11-21-6-4-3-5-7-21/h3-17,28,31-36,38,40,42-45H,18-20H2,1-2H3/b14-10+,15-11+/t28-,31+,32-,33+,34+,35+,36-,37+/m0/s1. The van der Waals surface area contributed by atoms with Gasteiger partial charge in [0.15, 0.2) is 23.8 Å². The summed E-state index contributed by atoms with van der Waals surface area (Å²) in [5, 5.41) is 63.5. The second-order valence-corrected chi connectivity index (χ2v) is 12.0. The van der Waals surface area contributed by atoms with Gasteiger partial charge in [0.1, 0.15) is 59.6 Å². The molecule has 2 heterocycles. The molecule has 0 spiro atoms. The van der Waals surface area contributed by atoms with Crippen LogP contribution < -0.4 is 14.2 Å². The number of ketones is 1. The predicted octanol–water partition coefficient (Wildman–Crippen LogP) is 1.21. The fourth-order valence-corrected chi connectivity index (χ4v) is 5.47. The minimum absolute atomic E-state index is 0.0500. The van der Waals surface area contributed by atoms with Crippen molar-refractivity contribution in [3.63, 3.8) is 0 Å². The van der Waals surface area contributed by atoms with Crippen LogP contribution in [0.5, 0.6) is 23.0 Å². The third-order valence-corrected chi connectivity index (χ3v) is 8.41. The number of ether oxygens (including phenoxy) is 7. The first kappa shape index (κ1) is 38.4. The lowest BCUT2D eigenvalue weighted by Crippen LogP contribution is -2.62. The molecule has 2 aliphatic heterocycles. The van der Waals surface area contributed by atoms with Crippen molar-refractivity contribution in [3.8, 4) is 23.0 Å². The van der Waals surface area contributed by atoms with E-state index in [1.54, 1.807) is 36.4 Å². The molecule has 15 nitrogen and oxygen atoms in total. The van der Waals surface area contributed by atoms with Gasteiger partial charge < -0.3 is 63.8 Å². The van der Waals surface area contributed by atoms with Gasteiger partial charge in [-0.3, -0.25) is 4.79 Å². The molecule has 0 aromatic heterocycles. The SMILES string of the molecule is COc1cc(O)c(C(=O)/C=C/c2ccc(O[C@@H]3O[C@@H](CO)[C@@H](O)[C@H](O)[C@H]3O[C@@H]3OC[C@](O)(COC(=O)/C=C/c4ccccc4)[C@@H]3O)cc2)c(OC)c1. The molecule has 8 atom stereocenters. The summed E-state index contributed by atoms with van der Waals surface area (Å²) in [4.78, 5) is 25.1. The van der Waals surface area contributed by atoms with Crippen molar-refractivity contribution in [3.05, 3.63) is 95.6 Å². The van der Waals surface area contributed by atoms with E-state index in [1.807, 2.05) is 6.07 Å². The van der Waals surface area contributed by atoms with Crippen molar-refractivity contribution in [2.75, 3.05) is 34.0 Å². The zero-order valence-corrected chi connectivity index (χ0v) is 28.2. The maximum absolute atomic E-state index is 12.9. The van der Waals surface area contributed by atoms with E-state index in [0.717, 1.165) is 5.56 Å². The molecular formula is C37H40O15. The van der Waals surface area contributed by atoms with Crippen molar-refractivity contribution in [1.29, 1.82) is 0 Å². The number of allylic oxidation sites excluding steroid dienone is 1. The summed E-state index contributed by atoms with van der Waals surface area (Å²) in [6, 6.07) is 18.0. The van der Waals surface area contributed by atoms with Crippen LogP contribution in [0.2, 0.25) is 0 Å². The van der Waals surface area contributed by atoms with Crippen LogP contribution in [0.25, 0.3) is 12.2 Å². The number of carbonyl (C=O) groups is 2. The Morgan fingerprint density at radius 2 is 1.58 bits per heavy atom. The number of aliphatic hydroxyl groups excluding tert-OH is 4. The topological polar surface area (TPSA) is 220 Å². The summed E-state index contributed by atoms with van der Waals surface area (Å²) in [7, 11) is 2.77. The lowest BCUT2D eigenvalue weighted by Gasteiger charge is -2.42. The van der Waals surface area contributed by atoms with Crippen LogP contribution >= 0.6 is 0 Å². The number of hydrogen-bond donors (Lipinski definition) is 6. The zero-order chi connectivity index (χ0) is 37.4. The molecule has 3 aromatic carbocycles. The molecule has 5 rings (SSSR count). The lowest BCUT2D eigenvalue weighted by atomic mass is 9.98. The highest BCUT2D eigenvalue weighted by Crippen LogP contribution is 2.35. The van der Waals surface area contributed by atoms with Crippen molar-refractivity contribution in [2.24, 2.45) is 0 Å². The molecule has 6 N–H and O–H groups in total. The molecule has 0 saturated carbocycles. The molecule has 2 saturated heterocycles. The molecule has 52 heavy (non-hydrogen) atoms. The maximum Gasteiger partial charge on any atom is 0.330 e. The third kappa shape index (κ3) is 8.96. The van der Waals surface area contributed by atoms with Gasteiger partial charge in [-0.1, -0.05) is 48.5 Å². The number of phenols is 1. The number of phenolic OH excluding ortho intramolecular Hbond substituents is 1. The number of aromatic hydroxyl groups is 1. The van der Waals surface area contributed by atoms with E-state index in [4.69, 9.17) is 33.2 Å². The first-order valence-electron chi connectivity index (χ1n) is 16.1. The molecule has 0 radical (unpaired) electrons. The fraction of sp³-hybridized carbons (Fsp3) is 0.351. The van der Waals surface area contributed by atoms with Gasteiger partial charge >= 0.3 is 5.97 Å². The van der Waals surface area contributed by atoms with E-state index in [0.29, 0.717) is 11.3 Å². The predicted molar refractivity (Wildman–Crippen MR) is 181 cm³/mol. The normalized spacial score (nSPS) is 27.5. The van der Waals surface area contributed by atoms with E-state index >= 15 is 0 Å². The molecule has 3 aromatic rings. The minimum atomic E-state index is -2.08. The summed E-state index contributed by atoms with van der Waals surface area (Å²) in [6.45, 7) is -1.83. The number of hydrogen-bond acceptors (Lipinski definition) is 15. The molecule has 2 aliphatic rings. The summed E-state index contributed by atoms with van der Waals surface area (Å²) < 4.78 is 38.3. The molecule has 0 bridgehead atoms. The fourth-order valence-electron chi connectivity index (χ4n) is 5.47. The van der Waals surface area contributed by atoms with Crippen molar-refractivity contribution in [1.82, 2.24) is 0 Å². The largest absolute Gasteiger partial charge is 0.507 e. The smallest absolute Gasteiger partial charge is 0.330 e. The van der Waals surface area contributed by atoms with Gasteiger partial charge in [0.25, 0.3) is 0 Å². The average Bonchev–Trinajstić information content (AvgIpc) is 3.44. The van der Waals surface area contributed by atoms with E-state index in [9.17, 15) is 40.2 Å². The summed E-state index contributed by atoms with van der Waals surface area (Å²) in [6.07, 6.45) is -5.50. The van der Waals surface area contributed by atoms with Crippen LogP contribution in [-0.4, -0.2) is 125 Å². The third-order valence-electron chi connectivity index (χ3n) is 8.41. The number of methoxy groups -OCH3 is 2. The van der Waals surface area contributed by atoms with Gasteiger partial charge in [0.2, 0.25) is 6.29 Å². The Bertz CT molecular complexity index is 1730. The van der Waals surface area contributed by atoms with E-state index in [2.05, 4.69) is 0 Å². The molecule has 278 valence electrons. The maximum atomic E-state index is 12.9. The number of carbonyl (C=O) groups excluding carboxylic acids is 2. The second kappa shape index (κ2) is 17.1. The lowest BCUT2D eigenvalue weighted by molar-refractivity contribution is -0.318. The Labute approximate surface area is 298 Å². The first-order chi connectivity index (χ1) is 25.0. The van der Waals surface area contributed by atoms with Crippen LogP contribution in [0.15, 0.2) is 78.9 Å². The van der Waals surface area contributed by atoms with Crippen molar-refractivity contribution in [2.45, 2.75) is 48.7 Å². The minimum Gasteiger partial charge on any atom is -0.507 e. The molecule has 15 heteroatoms. The van der Waals surface area contributed by atoms with Crippen molar-refractivity contribution >= 4 is 23.9 Å². The van der Waals surface area contributed by atoms with Gasteiger partial charge in [0.05, 0.1) is 27.4 Å². The highest BCUT2D eigenvalue weighted by molar-refractivity contribution is 6.10. The van der Waals surface area contributed by atoms with Crippen molar-refractivity contribution < 1.29 is 73.4 Å². The molecule has 0 unspecified atom stereocenters. The second-order valence-electron chi connectivity index (χ2n) is 12.0. The molecule has 0 aliphatic carbocycles. The highest BCUT2D eigenvalue weighted by atomic mass is 16.8. The summed E-state index contributed by atoms with van der Waals surface area (Å²) >= 11 is 0. The van der Waals surface area contributed by atoms with Crippen LogP contribution in [0.1, 0.15) is 21.5 Å². The first-order valence-corrected chi connectivity index (χ1v) is 16.1. The quantitative estimate of drug-likeness (QED) is 0.0782. The number of benzene rings is 3. The van der Waals surface area contributed by atoms with E-state index in [-0.39, 0.29) is 22.8 Å².